The summed E-state index contributed by atoms with van der Waals surface area (Å²) >= 11 is 0. The van der Waals surface area contributed by atoms with Crippen molar-refractivity contribution in [2.75, 3.05) is 6.61 Å². The van der Waals surface area contributed by atoms with Gasteiger partial charge in [0.05, 0.1) is 6.61 Å². The highest BCUT2D eigenvalue weighted by atomic mass is 28.2. The summed E-state index contributed by atoms with van der Waals surface area (Å²) in [5.74, 6) is 0.566. The molecule has 2 unspecified atom stereocenters. The summed E-state index contributed by atoms with van der Waals surface area (Å²) in [6.45, 7) is 11.6. The Balaban J connectivity index is 3.64. The maximum Gasteiger partial charge on any atom is 0.149 e. The minimum Gasteiger partial charge on any atom is -0.404 e. The van der Waals surface area contributed by atoms with Gasteiger partial charge in [0.15, 0.2) is 0 Å². The van der Waals surface area contributed by atoms with Gasteiger partial charge in [-0.05, 0) is 18.3 Å². The van der Waals surface area contributed by atoms with Crippen molar-refractivity contribution < 1.29 is 9.16 Å². The maximum absolute atomic E-state index is 5.49. The fourth-order valence-electron chi connectivity index (χ4n) is 0.598. The van der Waals surface area contributed by atoms with Gasteiger partial charge in [-0.1, -0.05) is 27.7 Å². The van der Waals surface area contributed by atoms with E-state index in [0.717, 1.165) is 17.1 Å². The molecule has 2 nitrogen and oxygen atoms in total. The molecule has 0 saturated heterocycles. The van der Waals surface area contributed by atoms with E-state index in [1.165, 1.54) is 0 Å². The zero-order chi connectivity index (χ0) is 9.78. The molecule has 0 aromatic heterocycles. The lowest BCUT2D eigenvalue weighted by Gasteiger charge is -2.28. The van der Waals surface area contributed by atoms with E-state index in [1.807, 2.05) is 6.92 Å². The lowest BCUT2D eigenvalue weighted by Crippen LogP contribution is -2.25. The fourth-order valence-corrected chi connectivity index (χ4v) is 0.734. The van der Waals surface area contributed by atoms with E-state index in [4.69, 9.17) is 9.16 Å². The highest BCUT2D eigenvalue weighted by Crippen LogP contribution is 2.25. The summed E-state index contributed by atoms with van der Waals surface area (Å²) in [4.78, 5) is 0. The summed E-state index contributed by atoms with van der Waals surface area (Å²) in [6, 6.07) is 0. The van der Waals surface area contributed by atoms with Crippen LogP contribution in [0.25, 0.3) is 0 Å². The Morgan fingerprint density at radius 1 is 1.25 bits per heavy atom. The van der Waals surface area contributed by atoms with Gasteiger partial charge in [0.25, 0.3) is 0 Å². The third-order valence-corrected chi connectivity index (χ3v) is 3.06. The molecular formula is C9H22O2Si. The van der Waals surface area contributed by atoms with E-state index >= 15 is 0 Å². The molecule has 0 fully saturated rings. The molecule has 0 bridgehead atoms. The van der Waals surface area contributed by atoms with E-state index in [9.17, 15) is 0 Å². The normalized spacial score (nSPS) is 17.8. The van der Waals surface area contributed by atoms with Crippen molar-refractivity contribution in [1.82, 2.24) is 0 Å². The Kier molecular flexibility index (Phi) is 5.05. The molecule has 0 spiro atoms. The molecule has 0 amide bonds. The predicted octanol–water partition coefficient (Wildman–Crippen LogP) is 1.33. The third kappa shape index (κ3) is 4.90. The number of rotatable bonds is 4. The summed E-state index contributed by atoms with van der Waals surface area (Å²) in [5.41, 5.74) is 0.324. The molecule has 12 heavy (non-hydrogen) atoms. The summed E-state index contributed by atoms with van der Waals surface area (Å²) in [6.07, 6.45) is -0.0264. The van der Waals surface area contributed by atoms with Crippen LogP contribution in [0.5, 0.6) is 0 Å². The van der Waals surface area contributed by atoms with E-state index in [1.54, 1.807) is 0 Å². The van der Waals surface area contributed by atoms with Crippen LogP contribution in [0.15, 0.2) is 0 Å². The minimum absolute atomic E-state index is 0.0264. The third-order valence-electron chi connectivity index (χ3n) is 2.39. The second kappa shape index (κ2) is 4.99. The molecule has 0 saturated carbocycles. The van der Waals surface area contributed by atoms with Gasteiger partial charge in [0.1, 0.15) is 16.8 Å². The smallest absolute Gasteiger partial charge is 0.149 e. The van der Waals surface area contributed by atoms with E-state index in [2.05, 4.69) is 27.7 Å². The second-order valence-corrected chi connectivity index (χ2v) is 4.88. The average molecular weight is 190 g/mol. The number of ether oxygens (including phenoxy) is 1. The first kappa shape index (κ1) is 12.1. The first-order valence-electron chi connectivity index (χ1n) is 4.52. The molecule has 0 rings (SSSR count). The fraction of sp³-hybridized carbons (Fsp3) is 1.00. The molecule has 2 atom stereocenters. The zero-order valence-electron chi connectivity index (χ0n) is 9.18. The molecule has 0 aliphatic rings. The van der Waals surface area contributed by atoms with Crippen molar-refractivity contribution in [1.29, 1.82) is 0 Å². The molecule has 3 heteroatoms. The van der Waals surface area contributed by atoms with Crippen LogP contribution in [0.4, 0.5) is 0 Å². The predicted molar refractivity (Wildman–Crippen MR) is 55.1 cm³/mol. The van der Waals surface area contributed by atoms with Crippen molar-refractivity contribution in [3.8, 4) is 0 Å². The van der Waals surface area contributed by atoms with Gasteiger partial charge >= 0.3 is 0 Å². The summed E-state index contributed by atoms with van der Waals surface area (Å²) in [7, 11) is 0.747. The highest BCUT2D eigenvalue weighted by Gasteiger charge is 2.20. The van der Waals surface area contributed by atoms with Crippen molar-refractivity contribution in [2.24, 2.45) is 11.3 Å². The van der Waals surface area contributed by atoms with Gasteiger partial charge in [-0.15, -0.1) is 0 Å². The van der Waals surface area contributed by atoms with Gasteiger partial charge in [0.2, 0.25) is 0 Å². The van der Waals surface area contributed by atoms with Crippen LogP contribution < -0.4 is 0 Å². The molecular weight excluding hydrogens is 168 g/mol. The summed E-state index contributed by atoms with van der Waals surface area (Å²) in [5, 5.41) is 0. The second-order valence-electron chi connectivity index (χ2n) is 4.40. The Morgan fingerprint density at radius 2 is 1.75 bits per heavy atom. The quantitative estimate of drug-likeness (QED) is 0.492. The summed E-state index contributed by atoms with van der Waals surface area (Å²) < 4.78 is 10.6. The number of hydrogen-bond donors (Lipinski definition) is 0. The lowest BCUT2D eigenvalue weighted by atomic mass is 9.83. The van der Waals surface area contributed by atoms with Gasteiger partial charge in [0, 0.05) is 0 Å². The Hall–Kier alpha value is 0.137. The number of hydrogen-bond acceptors (Lipinski definition) is 2. The Labute approximate surface area is 79.2 Å². The Morgan fingerprint density at radius 3 is 2.08 bits per heavy atom. The van der Waals surface area contributed by atoms with Crippen LogP contribution in [0.3, 0.4) is 0 Å². The molecule has 0 heterocycles. The molecule has 0 aromatic carbocycles. The van der Waals surface area contributed by atoms with Crippen molar-refractivity contribution in [2.45, 2.75) is 40.9 Å². The van der Waals surface area contributed by atoms with E-state index in [0.29, 0.717) is 11.3 Å². The molecule has 0 aliphatic heterocycles. The lowest BCUT2D eigenvalue weighted by molar-refractivity contribution is -0.0844. The van der Waals surface area contributed by atoms with Crippen molar-refractivity contribution >= 4 is 10.5 Å². The van der Waals surface area contributed by atoms with Crippen LogP contribution >= 0.6 is 0 Å². The van der Waals surface area contributed by atoms with E-state index < -0.39 is 0 Å². The molecule has 0 aliphatic carbocycles. The minimum atomic E-state index is -0.0264. The standard InChI is InChI=1S/C9H22O2Si/c1-7(9(3,4)5)6-10-8(2)11-12/h7-8H,6H2,1-5,12H3. The van der Waals surface area contributed by atoms with Crippen LogP contribution in [0.1, 0.15) is 34.6 Å². The molecule has 0 aromatic rings. The average Bonchev–Trinajstić information content (AvgIpc) is 1.97. The first-order chi connectivity index (χ1) is 5.38. The molecule has 0 radical (unpaired) electrons. The van der Waals surface area contributed by atoms with Crippen molar-refractivity contribution in [3.05, 3.63) is 0 Å². The van der Waals surface area contributed by atoms with Gasteiger partial charge < -0.3 is 9.16 Å². The SMILES string of the molecule is CC(O[SiH3])OCC(C)C(C)(C)C. The monoisotopic (exact) mass is 190 g/mol. The largest absolute Gasteiger partial charge is 0.404 e. The Bertz CT molecular complexity index is 120. The van der Waals surface area contributed by atoms with Crippen LogP contribution in [-0.4, -0.2) is 23.4 Å². The first-order valence-corrected chi connectivity index (χ1v) is 5.34. The van der Waals surface area contributed by atoms with Gasteiger partial charge in [-0.25, -0.2) is 0 Å². The van der Waals surface area contributed by atoms with Crippen LogP contribution in [-0.2, 0) is 9.16 Å². The topological polar surface area (TPSA) is 18.5 Å². The van der Waals surface area contributed by atoms with Crippen LogP contribution in [0, 0.1) is 11.3 Å². The van der Waals surface area contributed by atoms with Crippen LogP contribution in [0.2, 0.25) is 0 Å². The van der Waals surface area contributed by atoms with Gasteiger partial charge in [-0.2, -0.15) is 0 Å². The highest BCUT2D eigenvalue weighted by molar-refractivity contribution is 5.98. The van der Waals surface area contributed by atoms with Crippen molar-refractivity contribution in [3.63, 3.8) is 0 Å². The molecule has 0 N–H and O–H groups in total. The molecule has 74 valence electrons. The maximum atomic E-state index is 5.49. The van der Waals surface area contributed by atoms with Gasteiger partial charge in [-0.3, -0.25) is 0 Å². The van der Waals surface area contributed by atoms with E-state index in [-0.39, 0.29) is 6.29 Å². The zero-order valence-corrected chi connectivity index (χ0v) is 11.2.